The summed E-state index contributed by atoms with van der Waals surface area (Å²) >= 11 is 0. The fourth-order valence-corrected chi connectivity index (χ4v) is 0.901. The van der Waals surface area contributed by atoms with Crippen LogP contribution in [0.25, 0.3) is 0 Å². The van der Waals surface area contributed by atoms with Gasteiger partial charge in [-0.25, -0.2) is 0 Å². The van der Waals surface area contributed by atoms with E-state index in [1.165, 1.54) is 19.2 Å². The molecule has 0 saturated carbocycles. The van der Waals surface area contributed by atoms with Crippen molar-refractivity contribution in [1.29, 1.82) is 0 Å². The lowest BCUT2D eigenvalue weighted by atomic mass is 10.3. The Bertz CT molecular complexity index is 381. The molecule has 0 unspecified atom stereocenters. The highest BCUT2D eigenvalue weighted by molar-refractivity contribution is 5.92. The molecule has 15 heavy (non-hydrogen) atoms. The number of rotatable bonds is 2. The highest BCUT2D eigenvalue weighted by Gasteiger charge is 2.05. The van der Waals surface area contributed by atoms with Gasteiger partial charge in [0.1, 0.15) is 0 Å². The molecular weight excluding hydrogens is 220 g/mol. The van der Waals surface area contributed by atoms with Crippen LogP contribution in [-0.4, -0.2) is 17.9 Å². The molecule has 0 radical (unpaired) electrons. The maximum atomic E-state index is 10.4. The molecule has 0 aliphatic rings. The van der Waals surface area contributed by atoms with Crippen molar-refractivity contribution in [3.05, 3.63) is 34.4 Å². The topological polar surface area (TPSA) is 93.5 Å². The third-order valence-corrected chi connectivity index (χ3v) is 1.57. The van der Waals surface area contributed by atoms with Gasteiger partial charge in [0, 0.05) is 24.9 Å². The van der Waals surface area contributed by atoms with Crippen LogP contribution in [0.2, 0.25) is 0 Å². The first-order chi connectivity index (χ1) is 6.63. The molecule has 0 aromatic heterocycles. The van der Waals surface area contributed by atoms with Crippen molar-refractivity contribution in [2.75, 3.05) is 12.4 Å². The summed E-state index contributed by atoms with van der Waals surface area (Å²) in [6, 6.07) is 6.04. The van der Waals surface area contributed by atoms with Crippen LogP contribution in [-0.2, 0) is 0 Å². The van der Waals surface area contributed by atoms with Crippen LogP contribution in [0.15, 0.2) is 29.3 Å². The van der Waals surface area contributed by atoms with E-state index in [-0.39, 0.29) is 24.1 Å². The molecule has 7 heteroatoms. The van der Waals surface area contributed by atoms with E-state index in [0.29, 0.717) is 5.69 Å². The summed E-state index contributed by atoms with van der Waals surface area (Å²) < 4.78 is 0. The minimum atomic E-state index is -0.468. The first kappa shape index (κ1) is 13.2. The van der Waals surface area contributed by atoms with Crippen molar-refractivity contribution < 1.29 is 4.92 Å². The second-order valence-electron chi connectivity index (χ2n) is 2.54. The zero-order chi connectivity index (χ0) is 10.6. The number of halogens is 1. The predicted octanol–water partition coefficient (Wildman–Crippen LogP) is 1.37. The Labute approximate surface area is 92.8 Å². The Morgan fingerprint density at radius 3 is 2.80 bits per heavy atom. The zero-order valence-electron chi connectivity index (χ0n) is 8.01. The van der Waals surface area contributed by atoms with E-state index in [1.54, 1.807) is 12.1 Å². The first-order valence-electron chi connectivity index (χ1n) is 3.87. The SMILES string of the molecule is CN=C(N)Nc1cccc([N+](=O)[O-])c1.Cl. The average molecular weight is 231 g/mol. The fraction of sp³-hybridized carbons (Fsp3) is 0.125. The van der Waals surface area contributed by atoms with Crippen LogP contribution in [0.3, 0.4) is 0 Å². The van der Waals surface area contributed by atoms with Crippen molar-refractivity contribution >= 4 is 29.7 Å². The molecule has 1 aromatic carbocycles. The number of guanidine groups is 1. The number of nitrogens with two attached hydrogens (primary N) is 1. The normalized spacial score (nSPS) is 10.3. The van der Waals surface area contributed by atoms with Gasteiger partial charge in [-0.2, -0.15) is 0 Å². The molecule has 0 bridgehead atoms. The highest BCUT2D eigenvalue weighted by Crippen LogP contribution is 2.16. The number of aliphatic imine (C=N–C) groups is 1. The molecule has 0 saturated heterocycles. The van der Waals surface area contributed by atoms with Gasteiger partial charge in [-0.3, -0.25) is 15.1 Å². The van der Waals surface area contributed by atoms with Crippen molar-refractivity contribution in [3.8, 4) is 0 Å². The number of non-ortho nitro benzene ring substituents is 1. The lowest BCUT2D eigenvalue weighted by Gasteiger charge is -2.03. The lowest BCUT2D eigenvalue weighted by molar-refractivity contribution is -0.384. The molecule has 82 valence electrons. The molecule has 0 aliphatic carbocycles. The van der Waals surface area contributed by atoms with Gasteiger partial charge in [0.25, 0.3) is 5.69 Å². The Hall–Kier alpha value is -1.82. The van der Waals surface area contributed by atoms with Crippen molar-refractivity contribution in [3.63, 3.8) is 0 Å². The van der Waals surface area contributed by atoms with Gasteiger partial charge in [0.15, 0.2) is 5.96 Å². The van der Waals surface area contributed by atoms with Crippen LogP contribution in [0.4, 0.5) is 11.4 Å². The number of benzene rings is 1. The van der Waals surface area contributed by atoms with E-state index in [2.05, 4.69) is 10.3 Å². The molecule has 0 spiro atoms. The quantitative estimate of drug-likeness (QED) is 0.347. The van der Waals surface area contributed by atoms with Gasteiger partial charge >= 0.3 is 0 Å². The molecular formula is C8H11ClN4O2. The Morgan fingerprint density at radius 1 is 1.60 bits per heavy atom. The van der Waals surface area contributed by atoms with Crippen LogP contribution in [0.1, 0.15) is 0 Å². The first-order valence-corrected chi connectivity index (χ1v) is 3.87. The van der Waals surface area contributed by atoms with E-state index in [1.807, 2.05) is 0 Å². The standard InChI is InChI=1S/C8H10N4O2.ClH/c1-10-8(9)11-6-3-2-4-7(5-6)12(13)14;/h2-5H,1H3,(H3,9,10,11);1H. The van der Waals surface area contributed by atoms with Gasteiger partial charge in [-0.05, 0) is 6.07 Å². The van der Waals surface area contributed by atoms with Crippen molar-refractivity contribution in [1.82, 2.24) is 0 Å². The smallest absolute Gasteiger partial charge is 0.271 e. The van der Waals surface area contributed by atoms with Crippen molar-refractivity contribution in [2.45, 2.75) is 0 Å². The summed E-state index contributed by atoms with van der Waals surface area (Å²) in [6.45, 7) is 0. The third-order valence-electron chi connectivity index (χ3n) is 1.57. The number of anilines is 1. The Balaban J connectivity index is 0.00000196. The summed E-state index contributed by atoms with van der Waals surface area (Å²) in [4.78, 5) is 13.6. The lowest BCUT2D eigenvalue weighted by Crippen LogP contribution is -2.21. The largest absolute Gasteiger partial charge is 0.370 e. The molecule has 0 amide bonds. The number of nitrogens with zero attached hydrogens (tertiary/aromatic N) is 2. The average Bonchev–Trinajstić information content (AvgIpc) is 2.18. The van der Waals surface area contributed by atoms with Crippen LogP contribution in [0.5, 0.6) is 0 Å². The zero-order valence-corrected chi connectivity index (χ0v) is 8.82. The second-order valence-corrected chi connectivity index (χ2v) is 2.54. The van der Waals surface area contributed by atoms with Gasteiger partial charge in [-0.1, -0.05) is 6.07 Å². The molecule has 6 nitrogen and oxygen atoms in total. The number of nitrogens with one attached hydrogen (secondary N) is 1. The second kappa shape index (κ2) is 5.82. The maximum Gasteiger partial charge on any atom is 0.271 e. The predicted molar refractivity (Wildman–Crippen MR) is 61.5 cm³/mol. The highest BCUT2D eigenvalue weighted by atomic mass is 35.5. The van der Waals surface area contributed by atoms with Gasteiger partial charge in [0.2, 0.25) is 0 Å². The third kappa shape index (κ3) is 3.82. The summed E-state index contributed by atoms with van der Waals surface area (Å²) in [5, 5.41) is 13.1. The molecule has 1 rings (SSSR count). The summed E-state index contributed by atoms with van der Waals surface area (Å²) in [7, 11) is 1.53. The molecule has 0 atom stereocenters. The van der Waals surface area contributed by atoms with Crippen molar-refractivity contribution in [2.24, 2.45) is 10.7 Å². The number of hydrogen-bond acceptors (Lipinski definition) is 3. The van der Waals surface area contributed by atoms with Crippen LogP contribution < -0.4 is 11.1 Å². The van der Waals surface area contributed by atoms with E-state index >= 15 is 0 Å². The minimum absolute atomic E-state index is 0. The van der Waals surface area contributed by atoms with E-state index in [9.17, 15) is 10.1 Å². The monoisotopic (exact) mass is 230 g/mol. The van der Waals surface area contributed by atoms with E-state index in [4.69, 9.17) is 5.73 Å². The Morgan fingerprint density at radius 2 is 2.27 bits per heavy atom. The van der Waals surface area contributed by atoms with Crippen LogP contribution >= 0.6 is 12.4 Å². The molecule has 1 aromatic rings. The van der Waals surface area contributed by atoms with E-state index < -0.39 is 4.92 Å². The fourth-order valence-electron chi connectivity index (χ4n) is 0.901. The van der Waals surface area contributed by atoms with Gasteiger partial charge in [0.05, 0.1) is 4.92 Å². The summed E-state index contributed by atoms with van der Waals surface area (Å²) in [5.74, 6) is 0.213. The summed E-state index contributed by atoms with van der Waals surface area (Å²) in [5.41, 5.74) is 5.96. The number of hydrogen-bond donors (Lipinski definition) is 2. The number of nitro benzene ring substituents is 1. The summed E-state index contributed by atoms with van der Waals surface area (Å²) in [6.07, 6.45) is 0. The molecule has 0 aliphatic heterocycles. The maximum absolute atomic E-state index is 10.4. The molecule has 3 N–H and O–H groups in total. The van der Waals surface area contributed by atoms with E-state index in [0.717, 1.165) is 0 Å². The Kier molecular flexibility index (Phi) is 5.11. The number of nitro groups is 1. The van der Waals surface area contributed by atoms with Gasteiger partial charge < -0.3 is 11.1 Å². The molecule has 0 fully saturated rings. The minimum Gasteiger partial charge on any atom is -0.370 e. The van der Waals surface area contributed by atoms with Crippen LogP contribution in [0, 0.1) is 10.1 Å². The van der Waals surface area contributed by atoms with Gasteiger partial charge in [-0.15, -0.1) is 12.4 Å². The molecule has 0 heterocycles.